The fourth-order valence-corrected chi connectivity index (χ4v) is 2.26. The minimum atomic E-state index is -0.0886. The van der Waals surface area contributed by atoms with Gasteiger partial charge in [-0.25, -0.2) is 0 Å². The van der Waals surface area contributed by atoms with Crippen molar-refractivity contribution >= 4 is 5.69 Å². The average molecular weight is 250 g/mol. The van der Waals surface area contributed by atoms with Gasteiger partial charge in [-0.15, -0.1) is 0 Å². The van der Waals surface area contributed by atoms with Crippen molar-refractivity contribution in [2.45, 2.75) is 32.0 Å². The van der Waals surface area contributed by atoms with Crippen LogP contribution >= 0.6 is 0 Å². The van der Waals surface area contributed by atoms with Crippen LogP contribution in [0.25, 0.3) is 0 Å². The van der Waals surface area contributed by atoms with E-state index in [1.165, 1.54) is 0 Å². The number of nitrogens with zero attached hydrogens (tertiary/aromatic N) is 1. The first-order chi connectivity index (χ1) is 8.61. The molecule has 1 saturated heterocycles. The van der Waals surface area contributed by atoms with Crippen LogP contribution in [-0.2, 0) is 4.74 Å². The normalized spacial score (nSPS) is 26.1. The van der Waals surface area contributed by atoms with Gasteiger partial charge in [0.1, 0.15) is 0 Å². The number of hydrogen-bond acceptors (Lipinski definition) is 4. The van der Waals surface area contributed by atoms with Crippen LogP contribution in [0.4, 0.5) is 5.69 Å². The summed E-state index contributed by atoms with van der Waals surface area (Å²) in [6.45, 7) is 5.57. The summed E-state index contributed by atoms with van der Waals surface area (Å²) >= 11 is 0. The molecule has 1 aromatic carbocycles. The minimum Gasteiger partial charge on any atom is -0.394 e. The molecule has 3 unspecified atom stereocenters. The third-order valence-electron chi connectivity index (χ3n) is 3.46. The Labute approximate surface area is 108 Å². The number of hydrogen-bond donors (Lipinski definition) is 2. The van der Waals surface area contributed by atoms with Crippen molar-refractivity contribution in [1.82, 2.24) is 0 Å². The van der Waals surface area contributed by atoms with Crippen LogP contribution < -0.4 is 10.6 Å². The maximum absolute atomic E-state index is 9.19. The Kier molecular flexibility index (Phi) is 4.22. The van der Waals surface area contributed by atoms with Crippen LogP contribution in [0.1, 0.15) is 25.5 Å². The van der Waals surface area contributed by atoms with Crippen molar-refractivity contribution < 1.29 is 9.84 Å². The Hall–Kier alpha value is -1.10. The molecule has 100 valence electrons. The second-order valence-corrected chi connectivity index (χ2v) is 5.02. The van der Waals surface area contributed by atoms with Gasteiger partial charge in [0.15, 0.2) is 0 Å². The Morgan fingerprint density at radius 3 is 2.67 bits per heavy atom. The molecule has 4 heteroatoms. The van der Waals surface area contributed by atoms with Crippen LogP contribution in [0.3, 0.4) is 0 Å². The second kappa shape index (κ2) is 5.69. The molecule has 3 N–H and O–H groups in total. The lowest BCUT2D eigenvalue weighted by molar-refractivity contribution is -0.0103. The number of morpholine rings is 1. The van der Waals surface area contributed by atoms with Gasteiger partial charge in [-0.2, -0.15) is 0 Å². The molecule has 0 amide bonds. The molecule has 0 bridgehead atoms. The zero-order valence-electron chi connectivity index (χ0n) is 11.0. The molecule has 0 saturated carbocycles. The molecule has 18 heavy (non-hydrogen) atoms. The van der Waals surface area contributed by atoms with Gasteiger partial charge in [-0.1, -0.05) is 12.1 Å². The lowest BCUT2D eigenvalue weighted by atomic mass is 10.1. The quantitative estimate of drug-likeness (QED) is 0.849. The van der Waals surface area contributed by atoms with Crippen molar-refractivity contribution in [2.24, 2.45) is 5.73 Å². The average Bonchev–Trinajstić information content (AvgIpc) is 2.39. The van der Waals surface area contributed by atoms with Gasteiger partial charge in [0, 0.05) is 24.3 Å². The summed E-state index contributed by atoms with van der Waals surface area (Å²) in [5.74, 6) is 0. The molecule has 1 heterocycles. The fourth-order valence-electron chi connectivity index (χ4n) is 2.26. The maximum Gasteiger partial charge on any atom is 0.0981 e. The van der Waals surface area contributed by atoms with E-state index in [2.05, 4.69) is 36.1 Å². The molecule has 0 aromatic heterocycles. The lowest BCUT2D eigenvalue weighted by Crippen LogP contribution is -2.49. The Morgan fingerprint density at radius 1 is 1.44 bits per heavy atom. The van der Waals surface area contributed by atoms with Gasteiger partial charge >= 0.3 is 0 Å². The molecule has 4 nitrogen and oxygen atoms in total. The first kappa shape index (κ1) is 13.3. The molecule has 1 aromatic rings. The van der Waals surface area contributed by atoms with E-state index in [1.807, 2.05) is 6.92 Å². The monoisotopic (exact) mass is 250 g/mol. The van der Waals surface area contributed by atoms with E-state index >= 15 is 0 Å². The number of aliphatic hydroxyl groups excluding tert-OH is 1. The van der Waals surface area contributed by atoms with E-state index in [-0.39, 0.29) is 18.8 Å². The fraction of sp³-hybridized carbons (Fsp3) is 0.571. The third kappa shape index (κ3) is 2.83. The molecular weight excluding hydrogens is 228 g/mol. The van der Waals surface area contributed by atoms with E-state index in [0.29, 0.717) is 12.6 Å². The second-order valence-electron chi connectivity index (χ2n) is 5.02. The molecule has 2 rings (SSSR count). The topological polar surface area (TPSA) is 58.7 Å². The van der Waals surface area contributed by atoms with Gasteiger partial charge < -0.3 is 20.5 Å². The van der Waals surface area contributed by atoms with Gasteiger partial charge in [0.25, 0.3) is 0 Å². The van der Waals surface area contributed by atoms with Gasteiger partial charge in [-0.05, 0) is 31.5 Å². The Morgan fingerprint density at radius 2 is 2.11 bits per heavy atom. The molecule has 0 spiro atoms. The summed E-state index contributed by atoms with van der Waals surface area (Å²) in [7, 11) is 0. The van der Waals surface area contributed by atoms with E-state index in [1.54, 1.807) is 0 Å². The number of benzene rings is 1. The molecule has 0 aliphatic carbocycles. The molecule has 3 atom stereocenters. The van der Waals surface area contributed by atoms with Crippen LogP contribution in [0.2, 0.25) is 0 Å². The predicted octanol–water partition coefficient (Wildman–Crippen LogP) is 1.29. The maximum atomic E-state index is 9.19. The Balaban J connectivity index is 2.13. The molecular formula is C14H22N2O2. The number of ether oxygens (including phenoxy) is 1. The van der Waals surface area contributed by atoms with E-state index in [0.717, 1.165) is 17.8 Å². The van der Waals surface area contributed by atoms with Gasteiger partial charge in [0.2, 0.25) is 0 Å². The van der Waals surface area contributed by atoms with Crippen LogP contribution in [-0.4, -0.2) is 37.0 Å². The van der Waals surface area contributed by atoms with E-state index in [9.17, 15) is 5.11 Å². The number of nitrogens with two attached hydrogens (primary N) is 1. The summed E-state index contributed by atoms with van der Waals surface area (Å²) in [4.78, 5) is 2.27. The van der Waals surface area contributed by atoms with Crippen LogP contribution in [0, 0.1) is 0 Å². The van der Waals surface area contributed by atoms with Crippen molar-refractivity contribution in [3.05, 3.63) is 29.8 Å². The highest BCUT2D eigenvalue weighted by molar-refractivity contribution is 5.49. The lowest BCUT2D eigenvalue weighted by Gasteiger charge is -2.39. The first-order valence-corrected chi connectivity index (χ1v) is 6.46. The molecule has 0 radical (unpaired) electrons. The number of anilines is 1. The predicted molar refractivity (Wildman–Crippen MR) is 72.7 cm³/mol. The van der Waals surface area contributed by atoms with Crippen molar-refractivity contribution in [1.29, 1.82) is 0 Å². The summed E-state index contributed by atoms with van der Waals surface area (Å²) in [6.07, 6.45) is -0.0886. The zero-order valence-corrected chi connectivity index (χ0v) is 11.0. The van der Waals surface area contributed by atoms with Gasteiger partial charge in [-0.3, -0.25) is 0 Å². The molecule has 1 aliphatic heterocycles. The SMILES string of the molecule is CC(N)c1ccc(N2CC(CO)OCC2C)cc1. The summed E-state index contributed by atoms with van der Waals surface area (Å²) in [5.41, 5.74) is 8.14. The zero-order chi connectivity index (χ0) is 13.1. The summed E-state index contributed by atoms with van der Waals surface area (Å²) in [6, 6.07) is 8.70. The van der Waals surface area contributed by atoms with Crippen molar-refractivity contribution in [2.75, 3.05) is 24.7 Å². The number of aliphatic hydroxyl groups is 1. The molecule has 1 aliphatic rings. The van der Waals surface area contributed by atoms with E-state index < -0.39 is 0 Å². The van der Waals surface area contributed by atoms with Crippen molar-refractivity contribution in [3.8, 4) is 0 Å². The largest absolute Gasteiger partial charge is 0.394 e. The minimum absolute atomic E-state index is 0.0614. The van der Waals surface area contributed by atoms with Crippen LogP contribution in [0.15, 0.2) is 24.3 Å². The highest BCUT2D eigenvalue weighted by Crippen LogP contribution is 2.23. The summed E-state index contributed by atoms with van der Waals surface area (Å²) in [5, 5.41) is 9.19. The highest BCUT2D eigenvalue weighted by atomic mass is 16.5. The first-order valence-electron chi connectivity index (χ1n) is 6.46. The van der Waals surface area contributed by atoms with Crippen LogP contribution in [0.5, 0.6) is 0 Å². The Bertz CT molecular complexity index is 378. The highest BCUT2D eigenvalue weighted by Gasteiger charge is 2.25. The van der Waals surface area contributed by atoms with Crippen molar-refractivity contribution in [3.63, 3.8) is 0 Å². The third-order valence-corrected chi connectivity index (χ3v) is 3.46. The van der Waals surface area contributed by atoms with E-state index in [4.69, 9.17) is 10.5 Å². The molecule has 1 fully saturated rings. The summed E-state index contributed by atoms with van der Waals surface area (Å²) < 4.78 is 5.54. The van der Waals surface area contributed by atoms with Gasteiger partial charge in [0.05, 0.1) is 19.3 Å². The number of rotatable bonds is 3. The standard InChI is InChI=1S/C14H22N2O2/c1-10-9-18-14(8-17)7-16(10)13-5-3-12(4-6-13)11(2)15/h3-6,10-11,14,17H,7-9,15H2,1-2H3. The smallest absolute Gasteiger partial charge is 0.0981 e.